The lowest BCUT2D eigenvalue weighted by Gasteiger charge is -2.17. The Kier molecular flexibility index (Phi) is 6.53. The first kappa shape index (κ1) is 21.3. The number of nitrogens with one attached hydrogen (secondary N) is 2. The fourth-order valence-corrected chi connectivity index (χ4v) is 5.19. The van der Waals surface area contributed by atoms with Gasteiger partial charge in [-0.15, -0.1) is 11.3 Å². The molecule has 1 aliphatic heterocycles. The normalized spacial score (nSPS) is 16.0. The molecule has 0 saturated carbocycles. The highest BCUT2D eigenvalue weighted by Crippen LogP contribution is 2.29. The number of para-hydroxylation sites is 1. The standard InChI is InChI=1S/C22H22N4O3S2/c1-14-6-8-15(9-7-14)11-26-12-16(10-20(26)28)21(29)25-24-19(27)13-30-22-23-17-4-2-3-5-18(17)31-22/h2-9,16H,10-13H2,1H3,(H,24,27)(H,25,29). The Balaban J connectivity index is 1.22. The molecular formula is C22H22N4O3S2. The molecule has 1 saturated heterocycles. The SMILES string of the molecule is Cc1ccc(CN2CC(C(=O)NNC(=O)CSc3nc4ccccc4s3)CC2=O)cc1. The van der Waals surface area contributed by atoms with E-state index in [4.69, 9.17) is 0 Å². The van der Waals surface area contributed by atoms with Crippen LogP contribution in [-0.4, -0.2) is 39.9 Å². The number of aryl methyl sites for hydroxylation is 1. The molecule has 0 aliphatic carbocycles. The summed E-state index contributed by atoms with van der Waals surface area (Å²) in [6.45, 7) is 2.83. The van der Waals surface area contributed by atoms with Gasteiger partial charge in [0, 0.05) is 19.5 Å². The van der Waals surface area contributed by atoms with Gasteiger partial charge in [-0.1, -0.05) is 53.7 Å². The molecule has 1 aromatic heterocycles. The van der Waals surface area contributed by atoms with E-state index in [1.165, 1.54) is 23.1 Å². The van der Waals surface area contributed by atoms with Crippen LogP contribution in [0.4, 0.5) is 0 Å². The monoisotopic (exact) mass is 454 g/mol. The molecule has 0 spiro atoms. The number of rotatable bonds is 6. The van der Waals surface area contributed by atoms with E-state index in [1.54, 1.807) is 4.90 Å². The Morgan fingerprint density at radius 3 is 2.71 bits per heavy atom. The zero-order chi connectivity index (χ0) is 21.8. The van der Waals surface area contributed by atoms with Crippen LogP contribution >= 0.6 is 23.1 Å². The van der Waals surface area contributed by atoms with E-state index >= 15 is 0 Å². The number of carbonyl (C=O) groups excluding carboxylic acids is 3. The summed E-state index contributed by atoms with van der Waals surface area (Å²) < 4.78 is 1.87. The predicted octanol–water partition coefficient (Wildman–Crippen LogP) is 2.89. The van der Waals surface area contributed by atoms with Gasteiger partial charge in [0.1, 0.15) is 0 Å². The molecule has 3 aromatic rings. The number of aromatic nitrogens is 1. The van der Waals surface area contributed by atoms with Gasteiger partial charge < -0.3 is 4.90 Å². The van der Waals surface area contributed by atoms with Gasteiger partial charge in [0.05, 0.1) is 21.9 Å². The summed E-state index contributed by atoms with van der Waals surface area (Å²) in [4.78, 5) is 42.9. The minimum absolute atomic E-state index is 0.0570. The summed E-state index contributed by atoms with van der Waals surface area (Å²) in [7, 11) is 0. The number of amides is 3. The summed E-state index contributed by atoms with van der Waals surface area (Å²) in [5.41, 5.74) is 7.98. The molecule has 1 unspecified atom stereocenters. The number of benzene rings is 2. The highest BCUT2D eigenvalue weighted by atomic mass is 32.2. The third-order valence-electron chi connectivity index (χ3n) is 5.01. The molecule has 0 bridgehead atoms. The molecule has 0 radical (unpaired) electrons. The molecule has 31 heavy (non-hydrogen) atoms. The fraction of sp³-hybridized carbons (Fsp3) is 0.273. The summed E-state index contributed by atoms with van der Waals surface area (Å²) in [6.07, 6.45) is 0.147. The molecule has 3 amide bonds. The second kappa shape index (κ2) is 9.49. The quantitative estimate of drug-likeness (QED) is 0.441. The third kappa shape index (κ3) is 5.42. The molecular weight excluding hydrogens is 432 g/mol. The smallest absolute Gasteiger partial charge is 0.248 e. The second-order valence-electron chi connectivity index (χ2n) is 7.43. The Labute approximate surface area is 188 Å². The second-order valence-corrected chi connectivity index (χ2v) is 9.69. The first-order valence-electron chi connectivity index (χ1n) is 9.88. The average Bonchev–Trinajstić information content (AvgIpc) is 3.35. The number of nitrogens with zero attached hydrogens (tertiary/aromatic N) is 2. The summed E-state index contributed by atoms with van der Waals surface area (Å²) in [6, 6.07) is 15.8. The van der Waals surface area contributed by atoms with Gasteiger partial charge in [-0.2, -0.15) is 0 Å². The molecule has 1 atom stereocenters. The van der Waals surface area contributed by atoms with Gasteiger partial charge in [-0.25, -0.2) is 4.98 Å². The largest absolute Gasteiger partial charge is 0.338 e. The van der Waals surface area contributed by atoms with Crippen LogP contribution in [0.5, 0.6) is 0 Å². The van der Waals surface area contributed by atoms with Crippen LogP contribution in [-0.2, 0) is 20.9 Å². The van der Waals surface area contributed by atoms with Crippen molar-refractivity contribution in [2.45, 2.75) is 24.2 Å². The van der Waals surface area contributed by atoms with Crippen molar-refractivity contribution in [3.8, 4) is 0 Å². The van der Waals surface area contributed by atoms with Crippen LogP contribution in [0.2, 0.25) is 0 Å². The van der Waals surface area contributed by atoms with E-state index in [-0.39, 0.29) is 29.9 Å². The Bertz CT molecular complexity index is 1080. The number of fused-ring (bicyclic) bond motifs is 1. The van der Waals surface area contributed by atoms with Crippen molar-refractivity contribution in [2.24, 2.45) is 5.92 Å². The van der Waals surface area contributed by atoms with Crippen molar-refractivity contribution in [1.82, 2.24) is 20.7 Å². The summed E-state index contributed by atoms with van der Waals surface area (Å²) in [5, 5.41) is 0. The number of thioether (sulfide) groups is 1. The summed E-state index contributed by atoms with van der Waals surface area (Å²) in [5.74, 6) is -1.06. The van der Waals surface area contributed by atoms with Crippen LogP contribution in [0.1, 0.15) is 17.5 Å². The lowest BCUT2D eigenvalue weighted by molar-refractivity contribution is -0.130. The fourth-order valence-electron chi connectivity index (χ4n) is 3.32. The van der Waals surface area contributed by atoms with Crippen LogP contribution in [0.25, 0.3) is 10.2 Å². The van der Waals surface area contributed by atoms with Gasteiger partial charge in [-0.3, -0.25) is 25.2 Å². The maximum absolute atomic E-state index is 12.4. The maximum atomic E-state index is 12.4. The van der Waals surface area contributed by atoms with Crippen molar-refractivity contribution in [1.29, 1.82) is 0 Å². The Morgan fingerprint density at radius 1 is 1.16 bits per heavy atom. The molecule has 7 nitrogen and oxygen atoms in total. The zero-order valence-electron chi connectivity index (χ0n) is 17.0. The van der Waals surface area contributed by atoms with Crippen molar-refractivity contribution in [2.75, 3.05) is 12.3 Å². The minimum atomic E-state index is -0.477. The van der Waals surface area contributed by atoms with Crippen LogP contribution in [0, 0.1) is 12.8 Å². The molecule has 9 heteroatoms. The highest BCUT2D eigenvalue weighted by molar-refractivity contribution is 8.01. The van der Waals surface area contributed by atoms with Gasteiger partial charge in [0.25, 0.3) is 0 Å². The number of likely N-dealkylation sites (tertiary alicyclic amines) is 1. The average molecular weight is 455 g/mol. The zero-order valence-corrected chi connectivity index (χ0v) is 18.6. The lowest BCUT2D eigenvalue weighted by Crippen LogP contribution is -2.45. The van der Waals surface area contributed by atoms with Gasteiger partial charge in [-0.05, 0) is 24.6 Å². The van der Waals surface area contributed by atoms with Gasteiger partial charge >= 0.3 is 0 Å². The molecule has 1 fully saturated rings. The predicted molar refractivity (Wildman–Crippen MR) is 121 cm³/mol. The van der Waals surface area contributed by atoms with E-state index in [9.17, 15) is 14.4 Å². The van der Waals surface area contributed by atoms with Gasteiger partial charge in [0.15, 0.2) is 4.34 Å². The first-order valence-corrected chi connectivity index (χ1v) is 11.7. The number of thiazole rings is 1. The van der Waals surface area contributed by atoms with E-state index in [1.807, 2.05) is 55.5 Å². The summed E-state index contributed by atoms with van der Waals surface area (Å²) >= 11 is 2.85. The van der Waals surface area contributed by atoms with Gasteiger partial charge in [0.2, 0.25) is 17.7 Å². The van der Waals surface area contributed by atoms with Crippen molar-refractivity contribution in [3.63, 3.8) is 0 Å². The molecule has 4 rings (SSSR count). The highest BCUT2D eigenvalue weighted by Gasteiger charge is 2.34. The Hall–Kier alpha value is -2.91. The number of hydrogen-bond donors (Lipinski definition) is 2. The van der Waals surface area contributed by atoms with Crippen LogP contribution in [0.3, 0.4) is 0 Å². The van der Waals surface area contributed by atoms with Crippen molar-refractivity contribution in [3.05, 3.63) is 59.7 Å². The van der Waals surface area contributed by atoms with E-state index in [0.717, 1.165) is 25.7 Å². The number of hydrazine groups is 1. The maximum Gasteiger partial charge on any atom is 0.248 e. The number of carbonyl (C=O) groups is 3. The van der Waals surface area contributed by atoms with Crippen molar-refractivity contribution < 1.29 is 14.4 Å². The van der Waals surface area contributed by atoms with E-state index < -0.39 is 5.92 Å². The van der Waals surface area contributed by atoms with E-state index in [2.05, 4.69) is 15.8 Å². The molecule has 1 aliphatic rings. The first-order chi connectivity index (χ1) is 15.0. The Morgan fingerprint density at radius 2 is 1.94 bits per heavy atom. The lowest BCUT2D eigenvalue weighted by atomic mass is 10.1. The van der Waals surface area contributed by atoms with Crippen LogP contribution in [0.15, 0.2) is 52.9 Å². The molecule has 2 heterocycles. The minimum Gasteiger partial charge on any atom is -0.338 e. The number of hydrogen-bond acceptors (Lipinski definition) is 6. The molecule has 2 N–H and O–H groups in total. The molecule has 160 valence electrons. The van der Waals surface area contributed by atoms with Crippen molar-refractivity contribution >= 4 is 51.0 Å². The van der Waals surface area contributed by atoms with E-state index in [0.29, 0.717) is 13.1 Å². The topological polar surface area (TPSA) is 91.4 Å². The van der Waals surface area contributed by atoms with Crippen LogP contribution < -0.4 is 10.9 Å². The third-order valence-corrected chi connectivity index (χ3v) is 7.18. The molecule has 2 aromatic carbocycles.